The fraction of sp³-hybridized carbons (Fsp3) is 0.387. The van der Waals surface area contributed by atoms with Gasteiger partial charge in [-0.2, -0.15) is 0 Å². The number of rotatable bonds is 18. The number of H-pyrrole nitrogens is 1. The number of unbranched alkanes of at least 4 members (excludes halogenated alkanes) is 1. The number of carboxylic acid groups (broad SMARTS) is 2. The molecule has 0 aliphatic carbocycles. The van der Waals surface area contributed by atoms with Crippen LogP contribution in [-0.4, -0.2) is 80.7 Å². The van der Waals surface area contributed by atoms with Crippen LogP contribution < -0.4 is 27.4 Å². The molecule has 1 heterocycles. The largest absolute Gasteiger partial charge is 0.508 e. The van der Waals surface area contributed by atoms with Gasteiger partial charge in [0.15, 0.2) is 0 Å². The van der Waals surface area contributed by atoms with Gasteiger partial charge in [-0.15, -0.1) is 0 Å². The van der Waals surface area contributed by atoms with E-state index >= 15 is 0 Å². The molecule has 0 bridgehead atoms. The monoisotopic (exact) mass is 624 g/mol. The van der Waals surface area contributed by atoms with Gasteiger partial charge >= 0.3 is 11.9 Å². The summed E-state index contributed by atoms with van der Waals surface area (Å²) in [6, 6.07) is 8.46. The van der Waals surface area contributed by atoms with Gasteiger partial charge in [-0.25, -0.2) is 4.79 Å². The smallest absolute Gasteiger partial charge is 0.326 e. The molecule has 0 spiro atoms. The Hall–Kier alpha value is -4.95. The lowest BCUT2D eigenvalue weighted by Crippen LogP contribution is -2.57. The maximum absolute atomic E-state index is 13.6. The molecule has 2 aromatic carbocycles. The van der Waals surface area contributed by atoms with Gasteiger partial charge in [0.2, 0.25) is 17.7 Å². The number of aromatic nitrogens is 1. The van der Waals surface area contributed by atoms with Crippen LogP contribution in [0.1, 0.15) is 43.2 Å². The molecule has 4 atom stereocenters. The number of amides is 3. The highest BCUT2D eigenvalue weighted by atomic mass is 16.4. The van der Waals surface area contributed by atoms with Gasteiger partial charge in [0, 0.05) is 29.9 Å². The first-order valence-electron chi connectivity index (χ1n) is 14.6. The molecule has 3 aromatic rings. The minimum atomic E-state index is -1.41. The number of aromatic amines is 1. The van der Waals surface area contributed by atoms with Crippen molar-refractivity contribution in [3.63, 3.8) is 0 Å². The van der Waals surface area contributed by atoms with Crippen molar-refractivity contribution >= 4 is 40.6 Å². The fourth-order valence-electron chi connectivity index (χ4n) is 4.82. The van der Waals surface area contributed by atoms with E-state index in [0.717, 1.165) is 16.5 Å². The molecular formula is C31H40N6O8. The summed E-state index contributed by atoms with van der Waals surface area (Å²) in [6.07, 6.45) is 2.10. The van der Waals surface area contributed by atoms with Crippen LogP contribution in [0.25, 0.3) is 10.9 Å². The second kappa shape index (κ2) is 16.8. The number of phenols is 1. The molecule has 11 N–H and O–H groups in total. The van der Waals surface area contributed by atoms with E-state index in [1.807, 2.05) is 24.3 Å². The predicted molar refractivity (Wildman–Crippen MR) is 165 cm³/mol. The molecule has 3 rings (SSSR count). The molecule has 3 amide bonds. The number of carbonyl (C=O) groups is 5. The van der Waals surface area contributed by atoms with Gasteiger partial charge in [0.05, 0.1) is 6.04 Å². The van der Waals surface area contributed by atoms with Crippen molar-refractivity contribution in [1.29, 1.82) is 0 Å². The van der Waals surface area contributed by atoms with Crippen molar-refractivity contribution in [2.75, 3.05) is 6.54 Å². The minimum Gasteiger partial charge on any atom is -0.508 e. The lowest BCUT2D eigenvalue weighted by Gasteiger charge is -2.25. The van der Waals surface area contributed by atoms with Gasteiger partial charge in [-0.05, 0) is 68.0 Å². The summed E-state index contributed by atoms with van der Waals surface area (Å²) in [5, 5.41) is 36.9. The number of carbonyl (C=O) groups excluding carboxylic acids is 3. The zero-order valence-corrected chi connectivity index (χ0v) is 24.7. The normalized spacial score (nSPS) is 13.7. The number of aliphatic carboxylic acids is 2. The van der Waals surface area contributed by atoms with Gasteiger partial charge in [-0.3, -0.25) is 19.2 Å². The summed E-state index contributed by atoms with van der Waals surface area (Å²) >= 11 is 0. The molecule has 1 aromatic heterocycles. The first-order valence-corrected chi connectivity index (χ1v) is 14.6. The van der Waals surface area contributed by atoms with Gasteiger partial charge in [-0.1, -0.05) is 30.3 Å². The number of para-hydroxylation sites is 1. The molecule has 242 valence electrons. The third-order valence-corrected chi connectivity index (χ3v) is 7.30. The Balaban J connectivity index is 1.78. The molecule has 14 nitrogen and oxygen atoms in total. The zero-order chi connectivity index (χ0) is 32.9. The maximum Gasteiger partial charge on any atom is 0.326 e. The lowest BCUT2D eigenvalue weighted by molar-refractivity contribution is -0.143. The van der Waals surface area contributed by atoms with Crippen molar-refractivity contribution in [2.24, 2.45) is 11.5 Å². The second-order valence-electron chi connectivity index (χ2n) is 10.8. The first kappa shape index (κ1) is 34.5. The van der Waals surface area contributed by atoms with Crippen LogP contribution in [0.15, 0.2) is 54.7 Å². The lowest BCUT2D eigenvalue weighted by atomic mass is 10.0. The number of phenolic OH excluding ortho intramolecular Hbond substituents is 1. The fourth-order valence-corrected chi connectivity index (χ4v) is 4.82. The molecule has 0 radical (unpaired) electrons. The van der Waals surface area contributed by atoms with Crippen molar-refractivity contribution in [3.8, 4) is 5.75 Å². The summed E-state index contributed by atoms with van der Waals surface area (Å²) in [5.41, 5.74) is 14.0. The first-order chi connectivity index (χ1) is 21.5. The highest BCUT2D eigenvalue weighted by molar-refractivity contribution is 5.94. The maximum atomic E-state index is 13.6. The third kappa shape index (κ3) is 10.6. The van der Waals surface area contributed by atoms with Gasteiger partial charge in [0.1, 0.15) is 23.9 Å². The molecule has 0 saturated heterocycles. The van der Waals surface area contributed by atoms with Crippen LogP contribution in [0.3, 0.4) is 0 Å². The standard InChI is InChI=1S/C31H40N6O8/c32-14-4-3-7-25(31(44)45)36-29(42)24(12-13-27(39)40)35-30(43)26(15-18-8-10-20(38)11-9-18)37-28(41)22(33)16-19-17-34-23-6-2-1-5-21(19)23/h1-2,5-6,8-11,17,22,24-26,34,38H,3-4,7,12-16,32-33H2,(H,35,43)(H,36,42)(H,37,41)(H,39,40)(H,44,45). The van der Waals surface area contributed by atoms with E-state index in [2.05, 4.69) is 20.9 Å². The van der Waals surface area contributed by atoms with Crippen molar-refractivity contribution < 1.29 is 39.3 Å². The van der Waals surface area contributed by atoms with Crippen LogP contribution in [0.5, 0.6) is 5.75 Å². The number of aromatic hydroxyl groups is 1. The van der Waals surface area contributed by atoms with E-state index in [9.17, 15) is 39.3 Å². The molecule has 0 aliphatic heterocycles. The van der Waals surface area contributed by atoms with Crippen molar-refractivity contribution in [1.82, 2.24) is 20.9 Å². The number of benzene rings is 2. The molecule has 45 heavy (non-hydrogen) atoms. The molecule has 14 heteroatoms. The molecule has 4 unspecified atom stereocenters. The van der Waals surface area contributed by atoms with E-state index in [1.165, 1.54) is 12.1 Å². The number of hydrogen-bond donors (Lipinski definition) is 9. The third-order valence-electron chi connectivity index (χ3n) is 7.30. The Bertz CT molecular complexity index is 1470. The summed E-state index contributed by atoms with van der Waals surface area (Å²) in [6.45, 7) is 0.344. The Labute approximate surface area is 259 Å². The summed E-state index contributed by atoms with van der Waals surface area (Å²) in [4.78, 5) is 66.1. The number of hydrogen-bond acceptors (Lipinski definition) is 8. The predicted octanol–water partition coefficient (Wildman–Crippen LogP) is 0.519. The van der Waals surface area contributed by atoms with Gasteiger partial charge < -0.3 is 47.7 Å². The molecular weight excluding hydrogens is 584 g/mol. The summed E-state index contributed by atoms with van der Waals surface area (Å²) < 4.78 is 0. The number of nitrogens with one attached hydrogen (secondary N) is 4. The summed E-state index contributed by atoms with van der Waals surface area (Å²) in [7, 11) is 0. The van der Waals surface area contributed by atoms with Crippen LogP contribution in [0.4, 0.5) is 0 Å². The Morgan fingerprint density at radius 3 is 2.09 bits per heavy atom. The second-order valence-corrected chi connectivity index (χ2v) is 10.8. The van der Waals surface area contributed by atoms with Gasteiger partial charge in [0.25, 0.3) is 0 Å². The van der Waals surface area contributed by atoms with Crippen LogP contribution in [-0.2, 0) is 36.8 Å². The highest BCUT2D eigenvalue weighted by Gasteiger charge is 2.31. The Morgan fingerprint density at radius 2 is 1.42 bits per heavy atom. The minimum absolute atomic E-state index is 0.00519. The van der Waals surface area contributed by atoms with Crippen LogP contribution in [0, 0.1) is 0 Å². The Kier molecular flexibility index (Phi) is 12.9. The number of fused-ring (bicyclic) bond motifs is 1. The van der Waals surface area contributed by atoms with E-state index < -0.39 is 60.2 Å². The van der Waals surface area contributed by atoms with Crippen molar-refractivity contribution in [3.05, 3.63) is 65.9 Å². The SMILES string of the molecule is NCCCCC(NC(=O)C(CCC(=O)O)NC(=O)C(Cc1ccc(O)cc1)NC(=O)C(N)Cc1c[nH]c2ccccc12)C(=O)O. The Morgan fingerprint density at radius 1 is 0.778 bits per heavy atom. The van der Waals surface area contributed by atoms with E-state index in [0.29, 0.717) is 24.9 Å². The van der Waals surface area contributed by atoms with E-state index in [1.54, 1.807) is 18.3 Å². The van der Waals surface area contributed by atoms with Crippen LogP contribution >= 0.6 is 0 Å². The molecule has 0 saturated carbocycles. The molecule has 0 aliphatic rings. The quantitative estimate of drug-likeness (QED) is 0.0887. The topological polar surface area (TPSA) is 250 Å². The summed E-state index contributed by atoms with van der Waals surface area (Å²) in [5.74, 6) is -4.85. The molecule has 0 fully saturated rings. The zero-order valence-electron chi connectivity index (χ0n) is 24.7. The average Bonchev–Trinajstić information content (AvgIpc) is 3.41. The van der Waals surface area contributed by atoms with E-state index in [-0.39, 0.29) is 31.4 Å². The number of nitrogens with two attached hydrogens (primary N) is 2. The van der Waals surface area contributed by atoms with E-state index in [4.69, 9.17) is 11.5 Å². The average molecular weight is 625 g/mol. The highest BCUT2D eigenvalue weighted by Crippen LogP contribution is 2.19. The van der Waals surface area contributed by atoms with Crippen LogP contribution in [0.2, 0.25) is 0 Å². The number of carboxylic acids is 2. The van der Waals surface area contributed by atoms with Crippen molar-refractivity contribution in [2.45, 2.75) is 69.1 Å².